The molecule has 5 rings (SSSR count). The Morgan fingerprint density at radius 2 is 1.91 bits per heavy atom. The summed E-state index contributed by atoms with van der Waals surface area (Å²) in [6, 6.07) is 9.97. The molecule has 2 aliphatic rings. The summed E-state index contributed by atoms with van der Waals surface area (Å²) >= 11 is 1.47. The van der Waals surface area contributed by atoms with E-state index in [1.807, 2.05) is 50.4 Å². The molecular formula is C31H39F3N4O4S. The molecule has 3 heterocycles. The summed E-state index contributed by atoms with van der Waals surface area (Å²) in [5, 5.41) is 7.26. The van der Waals surface area contributed by atoms with Crippen molar-refractivity contribution in [1.82, 2.24) is 20.2 Å². The van der Waals surface area contributed by atoms with Crippen molar-refractivity contribution in [1.29, 1.82) is 0 Å². The molecule has 0 bridgehead atoms. The summed E-state index contributed by atoms with van der Waals surface area (Å²) in [4.78, 5) is 29.9. The Bertz CT molecular complexity index is 1520. The van der Waals surface area contributed by atoms with Crippen LogP contribution in [0.25, 0.3) is 10.9 Å². The second-order valence-corrected chi connectivity index (χ2v) is 12.7. The van der Waals surface area contributed by atoms with Gasteiger partial charge in [0.05, 0.1) is 30.9 Å². The number of hydrogen-bond acceptors (Lipinski definition) is 6. The van der Waals surface area contributed by atoms with Gasteiger partial charge in [0.2, 0.25) is 0 Å². The summed E-state index contributed by atoms with van der Waals surface area (Å²) in [6.07, 6.45) is 0.702. The molecule has 12 heteroatoms. The van der Waals surface area contributed by atoms with Crippen molar-refractivity contribution in [3.05, 3.63) is 63.2 Å². The number of benzene rings is 1. The maximum Gasteiger partial charge on any atom is 0.522 e. The van der Waals surface area contributed by atoms with E-state index in [0.29, 0.717) is 17.0 Å². The molecule has 3 aromatic rings. The molecule has 1 saturated carbocycles. The van der Waals surface area contributed by atoms with Crippen molar-refractivity contribution >= 4 is 28.6 Å². The molecule has 2 aromatic heterocycles. The molecule has 0 radical (unpaired) electrons. The largest absolute Gasteiger partial charge is 0.522 e. The molecule has 1 amide bonds. The smallest absolute Gasteiger partial charge is 0.377 e. The maximum absolute atomic E-state index is 13.6. The first-order valence-corrected chi connectivity index (χ1v) is 15.8. The fourth-order valence-corrected chi connectivity index (χ4v) is 7.37. The van der Waals surface area contributed by atoms with E-state index in [-0.39, 0.29) is 43.3 Å². The number of thioether (sulfide) groups is 1. The van der Waals surface area contributed by atoms with Crippen LogP contribution in [0.4, 0.5) is 13.2 Å². The zero-order valence-electron chi connectivity index (χ0n) is 24.9. The van der Waals surface area contributed by atoms with E-state index in [4.69, 9.17) is 4.74 Å². The fraction of sp³-hybridized carbons (Fsp3) is 0.548. The Hall–Kier alpha value is -2.80. The molecule has 1 aromatic carbocycles. The third kappa shape index (κ3) is 6.82. The number of aryl methyl sites for hydroxylation is 1. The second kappa shape index (κ2) is 12.7. The first-order valence-electron chi connectivity index (χ1n) is 14.6. The highest BCUT2D eigenvalue weighted by Gasteiger charge is 2.44. The van der Waals surface area contributed by atoms with Gasteiger partial charge in [-0.3, -0.25) is 14.3 Å². The van der Waals surface area contributed by atoms with Crippen molar-refractivity contribution in [2.75, 3.05) is 26.1 Å². The lowest BCUT2D eigenvalue weighted by atomic mass is 9.80. The van der Waals surface area contributed by atoms with Gasteiger partial charge >= 0.3 is 6.36 Å². The predicted octanol–water partition coefficient (Wildman–Crippen LogP) is 5.61. The number of aromatic amines is 1. The normalized spacial score (nSPS) is 21.0. The number of para-hydroxylation sites is 1. The monoisotopic (exact) mass is 620 g/mol. The number of carbonyl (C=O) groups excluding carboxylic acids is 1. The third-order valence-corrected chi connectivity index (χ3v) is 9.70. The predicted molar refractivity (Wildman–Crippen MR) is 161 cm³/mol. The molecule has 1 atom stereocenters. The van der Waals surface area contributed by atoms with E-state index in [2.05, 4.69) is 31.8 Å². The number of aromatic nitrogens is 2. The average Bonchev–Trinajstić information content (AvgIpc) is 3.24. The van der Waals surface area contributed by atoms with Gasteiger partial charge in [-0.25, -0.2) is 0 Å². The van der Waals surface area contributed by atoms with E-state index in [0.717, 1.165) is 52.9 Å². The van der Waals surface area contributed by atoms with E-state index in [1.165, 1.54) is 11.8 Å². The average molecular weight is 621 g/mol. The quantitative estimate of drug-likeness (QED) is 0.255. The Kier molecular flexibility index (Phi) is 9.31. The molecule has 3 N–H and O–H groups in total. The van der Waals surface area contributed by atoms with Gasteiger partial charge in [-0.15, -0.1) is 24.9 Å². The number of nitrogens with zero attached hydrogens (tertiary/aromatic N) is 1. The van der Waals surface area contributed by atoms with E-state index >= 15 is 0 Å². The molecule has 43 heavy (non-hydrogen) atoms. The van der Waals surface area contributed by atoms with Crippen molar-refractivity contribution in [2.24, 2.45) is 5.92 Å². The zero-order chi connectivity index (χ0) is 30.9. The van der Waals surface area contributed by atoms with Crippen LogP contribution in [0.2, 0.25) is 0 Å². The van der Waals surface area contributed by atoms with Gasteiger partial charge in [0.15, 0.2) is 0 Å². The van der Waals surface area contributed by atoms with Gasteiger partial charge in [0, 0.05) is 51.4 Å². The molecule has 234 valence electrons. The van der Waals surface area contributed by atoms with Crippen LogP contribution in [0.5, 0.6) is 0 Å². The number of hydrogen-bond donors (Lipinski definition) is 3. The van der Waals surface area contributed by atoms with E-state index in [1.54, 1.807) is 0 Å². The summed E-state index contributed by atoms with van der Waals surface area (Å²) in [7, 11) is 0. The minimum absolute atomic E-state index is 0.0872. The number of ether oxygens (including phenoxy) is 2. The lowest BCUT2D eigenvalue weighted by Crippen LogP contribution is -2.66. The minimum Gasteiger partial charge on any atom is -0.377 e. The summed E-state index contributed by atoms with van der Waals surface area (Å²) in [5.74, 6) is 0.104. The fourth-order valence-electron chi connectivity index (χ4n) is 6.66. The van der Waals surface area contributed by atoms with Gasteiger partial charge in [-0.05, 0) is 70.8 Å². The molecule has 2 fully saturated rings. The Morgan fingerprint density at radius 1 is 1.21 bits per heavy atom. The lowest BCUT2D eigenvalue weighted by molar-refractivity contribution is -0.337. The molecule has 8 nitrogen and oxygen atoms in total. The SMILES string of the molecule is CSc1cc(C)[nH]c(=O)c1CNC(=O)c1c(C)n([C@H](C)C2CCC(NC3(COC(F)(F)F)COC3)CC2)c2ccccc12. The summed E-state index contributed by atoms with van der Waals surface area (Å²) in [6.45, 7) is 6.05. The van der Waals surface area contributed by atoms with Gasteiger partial charge < -0.3 is 24.9 Å². The van der Waals surface area contributed by atoms with Crippen LogP contribution in [-0.2, 0) is 16.0 Å². The number of pyridine rings is 1. The molecule has 1 saturated heterocycles. The second-order valence-electron chi connectivity index (χ2n) is 11.9. The number of H-pyrrole nitrogens is 1. The highest BCUT2D eigenvalue weighted by molar-refractivity contribution is 7.98. The van der Waals surface area contributed by atoms with Crippen LogP contribution in [0, 0.1) is 19.8 Å². The number of fused-ring (bicyclic) bond motifs is 1. The summed E-state index contributed by atoms with van der Waals surface area (Å²) < 4.78 is 49.6. The minimum atomic E-state index is -4.67. The number of amides is 1. The number of halogens is 3. The van der Waals surface area contributed by atoms with Crippen LogP contribution < -0.4 is 16.2 Å². The first kappa shape index (κ1) is 31.6. The highest BCUT2D eigenvalue weighted by atomic mass is 32.2. The Morgan fingerprint density at radius 3 is 2.53 bits per heavy atom. The van der Waals surface area contributed by atoms with Gasteiger partial charge in [-0.2, -0.15) is 0 Å². The zero-order valence-corrected chi connectivity index (χ0v) is 25.7. The molecule has 0 spiro atoms. The highest BCUT2D eigenvalue weighted by Crippen LogP contribution is 2.38. The van der Waals surface area contributed by atoms with E-state index in [9.17, 15) is 22.8 Å². The van der Waals surface area contributed by atoms with Gasteiger partial charge in [0.25, 0.3) is 11.5 Å². The molecule has 1 aliphatic carbocycles. The lowest BCUT2D eigenvalue weighted by Gasteiger charge is -2.46. The summed E-state index contributed by atoms with van der Waals surface area (Å²) in [5.41, 5.74) is 2.75. The Balaban J connectivity index is 1.29. The maximum atomic E-state index is 13.6. The number of rotatable bonds is 10. The number of alkyl halides is 3. The van der Waals surface area contributed by atoms with Crippen LogP contribution >= 0.6 is 11.8 Å². The van der Waals surface area contributed by atoms with Crippen molar-refractivity contribution in [3.63, 3.8) is 0 Å². The van der Waals surface area contributed by atoms with Crippen LogP contribution in [-0.4, -0.2) is 59.5 Å². The van der Waals surface area contributed by atoms with E-state index < -0.39 is 18.5 Å². The van der Waals surface area contributed by atoms with Gasteiger partial charge in [-0.1, -0.05) is 18.2 Å². The molecule has 0 unspecified atom stereocenters. The molecular weight excluding hydrogens is 581 g/mol. The van der Waals surface area contributed by atoms with Crippen LogP contribution in [0.3, 0.4) is 0 Å². The topological polar surface area (TPSA) is 97.4 Å². The standard InChI is InChI=1S/C31H39F3N4O4S/c1-18-13-26(43-4)24(28(39)36-18)14-35-29(40)27-20(3)38(25-8-6-5-7-23(25)27)19(2)21-9-11-22(12-10-21)37-30(15-41-16-30)17-42-31(32,33)34/h5-8,13,19,21-22,37H,9-12,14-17H2,1-4H3,(H,35,40)(H,36,39)/t19-,21?,22?/m1/s1. The third-order valence-electron chi connectivity index (χ3n) is 8.90. The molecule has 1 aliphatic heterocycles. The van der Waals surface area contributed by atoms with Crippen molar-refractivity contribution in [2.45, 2.75) is 81.9 Å². The van der Waals surface area contributed by atoms with Gasteiger partial charge in [0.1, 0.15) is 0 Å². The van der Waals surface area contributed by atoms with Crippen LogP contribution in [0.1, 0.15) is 66.0 Å². The van der Waals surface area contributed by atoms with Crippen molar-refractivity contribution in [3.8, 4) is 0 Å². The van der Waals surface area contributed by atoms with Crippen LogP contribution in [0.15, 0.2) is 40.0 Å². The number of nitrogens with one attached hydrogen (secondary N) is 3. The Labute approximate surface area is 253 Å². The number of carbonyl (C=O) groups is 1. The first-order chi connectivity index (χ1) is 20.4. The van der Waals surface area contributed by atoms with Crippen molar-refractivity contribution < 1.29 is 27.4 Å².